The lowest BCUT2D eigenvalue weighted by atomic mass is 10.3. The normalized spacial score (nSPS) is 11.8. The lowest BCUT2D eigenvalue weighted by Gasteiger charge is -2.03. The zero-order valence-electron chi connectivity index (χ0n) is 14.1. The molecule has 0 aliphatic rings. The lowest BCUT2D eigenvalue weighted by Crippen LogP contribution is -2.04. The van der Waals surface area contributed by atoms with Gasteiger partial charge in [0.05, 0.1) is 9.77 Å². The molecule has 0 saturated heterocycles. The largest absolute Gasteiger partial charge is 0.428 e. The Kier molecular flexibility index (Phi) is 6.45. The molecule has 26 heavy (non-hydrogen) atoms. The summed E-state index contributed by atoms with van der Waals surface area (Å²) in [6.45, 7) is 2.13. The molecule has 1 aromatic carbocycles. The molecule has 3 rings (SSSR count). The maximum absolute atomic E-state index is 13.1. The Balaban J connectivity index is 1.99. The van der Waals surface area contributed by atoms with Gasteiger partial charge in [-0.05, 0) is 42.1 Å². The quantitative estimate of drug-likeness (QED) is 0.317. The number of oxazole rings is 1. The van der Waals surface area contributed by atoms with Gasteiger partial charge in [0.2, 0.25) is 25.8 Å². The number of aromatic nitrogens is 1. The van der Waals surface area contributed by atoms with E-state index in [2.05, 4.69) is 11.9 Å². The molecule has 0 unspecified atom stereocenters. The minimum Gasteiger partial charge on any atom is -0.428 e. The SMILES string of the molecule is CCCCCSc1oc(-c2cccs2)nc1S(=O)(=O)c1ccc(Cl)cc1. The van der Waals surface area contributed by atoms with E-state index in [1.165, 1.54) is 35.2 Å². The van der Waals surface area contributed by atoms with Crippen molar-refractivity contribution in [2.75, 3.05) is 5.75 Å². The standard InChI is InChI=1S/C18H18ClNO3S3/c1-2-3-4-11-25-18-17(20-16(23-18)15-6-5-12-24-15)26(21,22)14-9-7-13(19)8-10-14/h5-10,12H,2-4,11H2,1H3. The van der Waals surface area contributed by atoms with Gasteiger partial charge in [0.15, 0.2) is 0 Å². The number of unbranched alkanes of at least 4 members (excludes halogenated alkanes) is 2. The number of rotatable bonds is 8. The van der Waals surface area contributed by atoms with E-state index in [1.54, 1.807) is 12.1 Å². The Bertz CT molecular complexity index is 948. The van der Waals surface area contributed by atoms with Crippen molar-refractivity contribution in [2.45, 2.75) is 41.2 Å². The summed E-state index contributed by atoms with van der Waals surface area (Å²) < 4.78 is 32.0. The third-order valence-electron chi connectivity index (χ3n) is 3.66. The fourth-order valence-corrected chi connectivity index (χ4v) is 5.60. The molecule has 3 aromatic rings. The number of hydrogen-bond acceptors (Lipinski definition) is 6. The minimum absolute atomic E-state index is 0.0234. The highest BCUT2D eigenvalue weighted by atomic mass is 35.5. The molecule has 0 spiro atoms. The highest BCUT2D eigenvalue weighted by Gasteiger charge is 2.28. The van der Waals surface area contributed by atoms with Gasteiger partial charge in [0.1, 0.15) is 0 Å². The summed E-state index contributed by atoms with van der Waals surface area (Å²) in [5, 5.41) is 2.71. The van der Waals surface area contributed by atoms with Gasteiger partial charge in [-0.25, -0.2) is 8.42 Å². The van der Waals surface area contributed by atoms with Crippen molar-refractivity contribution < 1.29 is 12.8 Å². The zero-order chi connectivity index (χ0) is 18.6. The Morgan fingerprint density at radius 2 is 1.96 bits per heavy atom. The maximum Gasteiger partial charge on any atom is 0.238 e. The number of hydrogen-bond donors (Lipinski definition) is 0. The number of thioether (sulfide) groups is 1. The Hall–Kier alpha value is -1.28. The number of sulfone groups is 1. The van der Waals surface area contributed by atoms with Crippen molar-refractivity contribution in [1.82, 2.24) is 4.98 Å². The number of benzene rings is 1. The summed E-state index contributed by atoms with van der Waals surface area (Å²) >= 11 is 8.74. The van der Waals surface area contributed by atoms with Gasteiger partial charge in [0, 0.05) is 10.8 Å². The van der Waals surface area contributed by atoms with Crippen LogP contribution in [0.3, 0.4) is 0 Å². The highest BCUT2D eigenvalue weighted by molar-refractivity contribution is 8.00. The van der Waals surface area contributed by atoms with E-state index in [4.69, 9.17) is 16.0 Å². The van der Waals surface area contributed by atoms with Crippen LogP contribution in [0.2, 0.25) is 5.02 Å². The van der Waals surface area contributed by atoms with Crippen LogP contribution in [0, 0.1) is 0 Å². The molecule has 0 aliphatic carbocycles. The third kappa shape index (κ3) is 4.34. The van der Waals surface area contributed by atoms with Crippen LogP contribution in [0.4, 0.5) is 0 Å². The predicted octanol–water partition coefficient (Wildman–Crippen LogP) is 6.17. The van der Waals surface area contributed by atoms with E-state index in [9.17, 15) is 8.42 Å². The van der Waals surface area contributed by atoms with Gasteiger partial charge in [0.25, 0.3) is 0 Å². The minimum atomic E-state index is -3.78. The monoisotopic (exact) mass is 427 g/mol. The van der Waals surface area contributed by atoms with Crippen LogP contribution in [-0.4, -0.2) is 19.2 Å². The Morgan fingerprint density at radius 3 is 2.62 bits per heavy atom. The molecule has 4 nitrogen and oxygen atoms in total. The van der Waals surface area contributed by atoms with Crippen LogP contribution >= 0.6 is 34.7 Å². The van der Waals surface area contributed by atoms with E-state index >= 15 is 0 Å². The molecule has 0 fully saturated rings. The summed E-state index contributed by atoms with van der Waals surface area (Å²) in [5.74, 6) is 1.13. The first-order chi connectivity index (χ1) is 12.5. The zero-order valence-corrected chi connectivity index (χ0v) is 17.3. The average Bonchev–Trinajstić information content (AvgIpc) is 3.29. The maximum atomic E-state index is 13.1. The Labute approximate surface area is 166 Å². The molecule has 0 amide bonds. The van der Waals surface area contributed by atoms with Crippen molar-refractivity contribution >= 4 is 44.5 Å². The van der Waals surface area contributed by atoms with Gasteiger partial charge < -0.3 is 4.42 Å². The second-order valence-corrected chi connectivity index (χ2v) is 9.92. The fraction of sp³-hybridized carbons (Fsp3) is 0.278. The first-order valence-electron chi connectivity index (χ1n) is 8.20. The highest BCUT2D eigenvalue weighted by Crippen LogP contribution is 2.36. The number of thiophene rings is 1. The van der Waals surface area contributed by atoms with Crippen LogP contribution in [0.1, 0.15) is 26.2 Å². The predicted molar refractivity (Wildman–Crippen MR) is 107 cm³/mol. The first kappa shape index (κ1) is 19.5. The molecule has 2 aromatic heterocycles. The molecule has 8 heteroatoms. The van der Waals surface area contributed by atoms with Crippen LogP contribution in [0.15, 0.2) is 61.2 Å². The summed E-state index contributed by atoms with van der Waals surface area (Å²) in [4.78, 5) is 5.28. The van der Waals surface area contributed by atoms with Gasteiger partial charge in [-0.1, -0.05) is 49.2 Å². The molecular formula is C18H18ClNO3S3. The van der Waals surface area contributed by atoms with E-state index in [0.717, 1.165) is 29.9 Å². The number of halogens is 1. The van der Waals surface area contributed by atoms with Crippen molar-refractivity contribution in [2.24, 2.45) is 0 Å². The number of nitrogens with zero attached hydrogens (tertiary/aromatic N) is 1. The second kappa shape index (κ2) is 8.61. The summed E-state index contributed by atoms with van der Waals surface area (Å²) in [6, 6.07) is 9.84. The fourth-order valence-electron chi connectivity index (χ4n) is 2.30. The lowest BCUT2D eigenvalue weighted by molar-refractivity contribution is 0.471. The smallest absolute Gasteiger partial charge is 0.238 e. The molecular weight excluding hydrogens is 410 g/mol. The Morgan fingerprint density at radius 1 is 1.19 bits per heavy atom. The van der Waals surface area contributed by atoms with Gasteiger partial charge >= 0.3 is 0 Å². The van der Waals surface area contributed by atoms with Crippen LogP contribution < -0.4 is 0 Å². The van der Waals surface area contributed by atoms with Crippen LogP contribution in [0.5, 0.6) is 0 Å². The molecule has 0 bridgehead atoms. The van der Waals surface area contributed by atoms with Gasteiger partial charge in [-0.2, -0.15) is 4.98 Å². The summed E-state index contributed by atoms with van der Waals surface area (Å²) in [6.07, 6.45) is 3.20. The van der Waals surface area contributed by atoms with Crippen molar-refractivity contribution in [3.63, 3.8) is 0 Å². The summed E-state index contributed by atoms with van der Waals surface area (Å²) in [5.41, 5.74) is 0. The first-order valence-corrected chi connectivity index (χ1v) is 11.9. The van der Waals surface area contributed by atoms with Crippen molar-refractivity contribution in [3.8, 4) is 10.8 Å². The van der Waals surface area contributed by atoms with Crippen molar-refractivity contribution in [3.05, 3.63) is 46.8 Å². The van der Waals surface area contributed by atoms with Gasteiger partial charge in [-0.15, -0.1) is 11.3 Å². The molecule has 0 radical (unpaired) electrons. The van der Waals surface area contributed by atoms with E-state index < -0.39 is 9.84 Å². The average molecular weight is 428 g/mol. The molecule has 0 N–H and O–H groups in total. The molecule has 0 aliphatic heterocycles. The molecule has 0 saturated carbocycles. The third-order valence-corrected chi connectivity index (χ3v) is 7.61. The molecule has 2 heterocycles. The second-order valence-electron chi connectivity index (χ2n) is 5.60. The van der Waals surface area contributed by atoms with E-state index in [1.807, 2.05) is 17.5 Å². The van der Waals surface area contributed by atoms with Gasteiger partial charge in [-0.3, -0.25) is 0 Å². The molecule has 138 valence electrons. The van der Waals surface area contributed by atoms with Crippen LogP contribution in [0.25, 0.3) is 10.8 Å². The van der Waals surface area contributed by atoms with E-state index in [-0.39, 0.29) is 9.92 Å². The van der Waals surface area contributed by atoms with E-state index in [0.29, 0.717) is 16.0 Å². The summed E-state index contributed by atoms with van der Waals surface area (Å²) in [7, 11) is -3.78. The van der Waals surface area contributed by atoms with Crippen LogP contribution in [-0.2, 0) is 9.84 Å². The topological polar surface area (TPSA) is 60.2 Å². The molecule has 0 atom stereocenters. The van der Waals surface area contributed by atoms with Crippen molar-refractivity contribution in [1.29, 1.82) is 0 Å².